The molecule has 0 saturated carbocycles. The van der Waals surface area contributed by atoms with Crippen molar-refractivity contribution in [1.29, 1.82) is 0 Å². The Balaban J connectivity index is 1.04. The van der Waals surface area contributed by atoms with Crippen LogP contribution in [0.25, 0.3) is 98.8 Å². The van der Waals surface area contributed by atoms with Gasteiger partial charge in [-0.05, 0) is 56.4 Å². The normalized spacial score (nSPS) is 11.8. The minimum atomic E-state index is 0.863. The van der Waals surface area contributed by atoms with E-state index in [0.29, 0.717) is 0 Å². The van der Waals surface area contributed by atoms with Gasteiger partial charge in [0.15, 0.2) is 0 Å². The minimum absolute atomic E-state index is 0.863. The fourth-order valence-corrected chi connectivity index (χ4v) is 7.17. The molecule has 3 nitrogen and oxygen atoms in total. The summed E-state index contributed by atoms with van der Waals surface area (Å²) in [5.74, 6) is 0. The Kier molecular flexibility index (Phi) is 5.57. The lowest BCUT2D eigenvalue weighted by Crippen LogP contribution is -1.92. The lowest BCUT2D eigenvalue weighted by molar-refractivity contribution is 0.670. The molecule has 0 fully saturated rings. The first-order valence-electron chi connectivity index (χ1n) is 15.9. The molecule has 2 heterocycles. The van der Waals surface area contributed by atoms with Gasteiger partial charge in [0.25, 0.3) is 0 Å². The van der Waals surface area contributed by atoms with E-state index in [1.54, 1.807) is 0 Å². The van der Waals surface area contributed by atoms with Gasteiger partial charge in [0, 0.05) is 32.7 Å². The molecule has 0 bridgehead atoms. The van der Waals surface area contributed by atoms with Crippen molar-refractivity contribution in [3.63, 3.8) is 0 Å². The van der Waals surface area contributed by atoms with E-state index < -0.39 is 0 Å². The van der Waals surface area contributed by atoms with Crippen molar-refractivity contribution in [2.24, 2.45) is 0 Å². The van der Waals surface area contributed by atoms with Crippen molar-refractivity contribution in [2.75, 3.05) is 0 Å². The number of aromatic nitrogens is 2. The Morgan fingerprint density at radius 2 is 1.02 bits per heavy atom. The predicted octanol–water partition coefficient (Wildman–Crippen LogP) is 12.0. The lowest BCUT2D eigenvalue weighted by atomic mass is 9.96. The molecule has 0 aliphatic carbocycles. The van der Waals surface area contributed by atoms with Crippen LogP contribution in [0.1, 0.15) is 0 Å². The minimum Gasteiger partial charge on any atom is -0.455 e. The third-order valence-electron chi connectivity index (χ3n) is 9.48. The Hall–Kier alpha value is -6.32. The molecule has 0 radical (unpaired) electrons. The molecule has 0 N–H and O–H groups in total. The van der Waals surface area contributed by atoms with Crippen LogP contribution in [-0.4, -0.2) is 9.97 Å². The van der Waals surface area contributed by atoms with E-state index in [1.807, 2.05) is 6.20 Å². The molecule has 0 aliphatic rings. The number of fused-ring (bicyclic) bond motifs is 10. The fraction of sp³-hybridized carbons (Fsp3) is 0. The highest BCUT2D eigenvalue weighted by Gasteiger charge is 2.15. The number of furan rings is 1. The molecule has 0 atom stereocenters. The second-order valence-corrected chi connectivity index (χ2v) is 12.2. The number of nitrogens with zero attached hydrogens (tertiary/aromatic N) is 2. The van der Waals surface area contributed by atoms with Crippen LogP contribution in [-0.2, 0) is 0 Å². The molecule has 8 aromatic carbocycles. The summed E-state index contributed by atoms with van der Waals surface area (Å²) in [6.45, 7) is 0. The maximum atomic E-state index is 6.52. The van der Waals surface area contributed by atoms with Crippen molar-refractivity contribution in [2.45, 2.75) is 0 Å². The SMILES string of the molecule is c1cc(-c2ccc(-c3cnc4c5ccccc5c5ccccc5c4n3)cc2)cc(-c2cccc3c2oc2cc4ccccc4cc23)c1. The monoisotopic (exact) mass is 598 g/mol. The molecule has 3 heteroatoms. The molecule has 0 saturated heterocycles. The van der Waals surface area contributed by atoms with Crippen LogP contribution in [0.5, 0.6) is 0 Å². The standard InChI is InChI=1S/C44H26N2O/c1-2-10-31-25-41-39(24-30(31)9-1)38-18-8-17-33(44(38)47-41)32-12-7-11-29(23-32)27-19-21-28(22-20-27)40-26-45-42-36-15-5-3-13-34(36)35-14-4-6-16-37(35)43(42)46-40/h1-26H. The summed E-state index contributed by atoms with van der Waals surface area (Å²) in [4.78, 5) is 10.1. The van der Waals surface area contributed by atoms with Gasteiger partial charge in [-0.3, -0.25) is 4.98 Å². The number of benzene rings is 8. The van der Waals surface area contributed by atoms with Crippen molar-refractivity contribution in [1.82, 2.24) is 9.97 Å². The number of para-hydroxylation sites is 1. The van der Waals surface area contributed by atoms with Crippen LogP contribution < -0.4 is 0 Å². The smallest absolute Gasteiger partial charge is 0.143 e. The third-order valence-corrected chi connectivity index (χ3v) is 9.48. The van der Waals surface area contributed by atoms with Crippen molar-refractivity contribution < 1.29 is 4.42 Å². The van der Waals surface area contributed by atoms with Crippen molar-refractivity contribution in [3.8, 4) is 33.5 Å². The Bertz CT molecular complexity index is 2810. The average Bonchev–Trinajstić information content (AvgIpc) is 3.51. The maximum absolute atomic E-state index is 6.52. The summed E-state index contributed by atoms with van der Waals surface area (Å²) in [6, 6.07) is 53.5. The number of rotatable bonds is 3. The van der Waals surface area contributed by atoms with Crippen LogP contribution in [0.4, 0.5) is 0 Å². The van der Waals surface area contributed by atoms with Gasteiger partial charge in [0.1, 0.15) is 11.2 Å². The van der Waals surface area contributed by atoms with E-state index >= 15 is 0 Å². The first kappa shape index (κ1) is 26.0. The van der Waals surface area contributed by atoms with Crippen molar-refractivity contribution >= 4 is 65.3 Å². The molecule has 47 heavy (non-hydrogen) atoms. The Labute approximate surface area is 270 Å². The van der Waals surface area contributed by atoms with Gasteiger partial charge in [-0.1, -0.05) is 133 Å². The molecule has 218 valence electrons. The van der Waals surface area contributed by atoms with Crippen molar-refractivity contribution in [3.05, 3.63) is 158 Å². The second-order valence-electron chi connectivity index (χ2n) is 12.2. The zero-order valence-electron chi connectivity index (χ0n) is 25.3. The summed E-state index contributed by atoms with van der Waals surface area (Å²) < 4.78 is 6.52. The van der Waals surface area contributed by atoms with Gasteiger partial charge < -0.3 is 4.42 Å². The van der Waals surface area contributed by atoms with E-state index in [9.17, 15) is 0 Å². The van der Waals surface area contributed by atoms with Crippen LogP contribution in [0.2, 0.25) is 0 Å². The van der Waals surface area contributed by atoms with Gasteiger partial charge in [-0.15, -0.1) is 0 Å². The summed E-state index contributed by atoms with van der Waals surface area (Å²) >= 11 is 0. The van der Waals surface area contributed by atoms with E-state index in [0.717, 1.165) is 77.3 Å². The van der Waals surface area contributed by atoms with E-state index in [-0.39, 0.29) is 0 Å². The van der Waals surface area contributed by atoms with Crippen LogP contribution >= 0.6 is 0 Å². The molecule has 0 unspecified atom stereocenters. The zero-order chi connectivity index (χ0) is 30.9. The molecule has 2 aromatic heterocycles. The first-order chi connectivity index (χ1) is 23.3. The predicted molar refractivity (Wildman–Crippen MR) is 196 cm³/mol. The van der Waals surface area contributed by atoms with Gasteiger partial charge in [0.2, 0.25) is 0 Å². The highest BCUT2D eigenvalue weighted by Crippen LogP contribution is 2.39. The van der Waals surface area contributed by atoms with Crippen LogP contribution in [0, 0.1) is 0 Å². The van der Waals surface area contributed by atoms with E-state index in [4.69, 9.17) is 14.4 Å². The summed E-state index contributed by atoms with van der Waals surface area (Å²) in [5.41, 5.74) is 10.1. The Morgan fingerprint density at radius 1 is 0.404 bits per heavy atom. The topological polar surface area (TPSA) is 38.9 Å². The van der Waals surface area contributed by atoms with Crippen LogP contribution in [0.3, 0.4) is 0 Å². The van der Waals surface area contributed by atoms with E-state index in [1.165, 1.54) is 21.5 Å². The van der Waals surface area contributed by atoms with E-state index in [2.05, 4.69) is 152 Å². The molecule has 0 amide bonds. The molecule has 10 rings (SSSR count). The molecule has 0 spiro atoms. The third kappa shape index (κ3) is 4.07. The Morgan fingerprint density at radius 3 is 1.81 bits per heavy atom. The average molecular weight is 599 g/mol. The zero-order valence-corrected chi connectivity index (χ0v) is 25.3. The largest absolute Gasteiger partial charge is 0.455 e. The summed E-state index contributed by atoms with van der Waals surface area (Å²) in [5, 5.41) is 9.33. The molecule has 0 aliphatic heterocycles. The lowest BCUT2D eigenvalue weighted by Gasteiger charge is -2.11. The first-order valence-corrected chi connectivity index (χ1v) is 15.9. The van der Waals surface area contributed by atoms with Gasteiger partial charge in [-0.25, -0.2) is 4.98 Å². The van der Waals surface area contributed by atoms with Crippen LogP contribution in [0.15, 0.2) is 162 Å². The molecular weight excluding hydrogens is 572 g/mol. The summed E-state index contributed by atoms with van der Waals surface area (Å²) in [7, 11) is 0. The van der Waals surface area contributed by atoms with Gasteiger partial charge >= 0.3 is 0 Å². The van der Waals surface area contributed by atoms with Gasteiger partial charge in [0.05, 0.1) is 22.9 Å². The van der Waals surface area contributed by atoms with Gasteiger partial charge in [-0.2, -0.15) is 0 Å². The maximum Gasteiger partial charge on any atom is 0.143 e. The number of hydrogen-bond donors (Lipinski definition) is 0. The molecular formula is C44H26N2O. The highest BCUT2D eigenvalue weighted by molar-refractivity contribution is 6.23. The highest BCUT2D eigenvalue weighted by atomic mass is 16.3. The number of hydrogen-bond acceptors (Lipinski definition) is 3. The fourth-order valence-electron chi connectivity index (χ4n) is 7.17. The molecule has 10 aromatic rings. The second kappa shape index (κ2) is 10.1. The summed E-state index contributed by atoms with van der Waals surface area (Å²) in [6.07, 6.45) is 1.90. The quantitative estimate of drug-likeness (QED) is 0.190.